The number of benzene rings is 1. The van der Waals surface area contributed by atoms with Crippen molar-refractivity contribution in [1.82, 2.24) is 0 Å². The number of amides is 1. The summed E-state index contributed by atoms with van der Waals surface area (Å²) in [4.78, 5) is 13.5. The summed E-state index contributed by atoms with van der Waals surface area (Å²) >= 11 is 6.08. The molecular formula is C13H20ClN3O. The van der Waals surface area contributed by atoms with Crippen LogP contribution in [0.2, 0.25) is 5.02 Å². The normalized spacial score (nSPS) is 10.2. The van der Waals surface area contributed by atoms with E-state index in [-0.39, 0.29) is 5.91 Å². The topological polar surface area (TPSA) is 58.4 Å². The van der Waals surface area contributed by atoms with Gasteiger partial charge in [0.15, 0.2) is 0 Å². The highest BCUT2D eigenvalue weighted by Crippen LogP contribution is 2.33. The van der Waals surface area contributed by atoms with Gasteiger partial charge >= 0.3 is 0 Å². The van der Waals surface area contributed by atoms with Crippen molar-refractivity contribution < 1.29 is 4.79 Å². The van der Waals surface area contributed by atoms with Crippen molar-refractivity contribution in [3.8, 4) is 0 Å². The minimum atomic E-state index is -0.0628. The molecule has 5 heteroatoms. The lowest BCUT2D eigenvalue weighted by atomic mass is 10.2. The zero-order chi connectivity index (χ0) is 13.7. The van der Waals surface area contributed by atoms with Gasteiger partial charge in [-0.1, -0.05) is 18.5 Å². The standard InChI is InChI=1S/C13H20ClN3O/c1-4-13(18)16-11-8-12(17(5-2)6-3)10(15)7-9(11)14/h7-8H,4-6,15H2,1-3H3,(H,16,18). The number of carbonyl (C=O) groups excluding carboxylic acids is 1. The molecule has 1 aromatic carbocycles. The number of hydrogen-bond donors (Lipinski definition) is 2. The number of hydrogen-bond acceptors (Lipinski definition) is 3. The second-order valence-corrected chi connectivity index (χ2v) is 4.37. The molecule has 1 rings (SSSR count). The van der Waals surface area contributed by atoms with Gasteiger partial charge in [0.25, 0.3) is 0 Å². The van der Waals surface area contributed by atoms with Crippen LogP contribution in [0.3, 0.4) is 0 Å². The van der Waals surface area contributed by atoms with Gasteiger partial charge in [-0.3, -0.25) is 4.79 Å². The first kappa shape index (κ1) is 14.6. The van der Waals surface area contributed by atoms with Crippen molar-refractivity contribution in [3.05, 3.63) is 17.2 Å². The minimum absolute atomic E-state index is 0.0628. The number of nitrogen functional groups attached to an aromatic ring is 1. The highest BCUT2D eigenvalue weighted by atomic mass is 35.5. The van der Waals surface area contributed by atoms with Crippen LogP contribution in [0.15, 0.2) is 12.1 Å². The fraction of sp³-hybridized carbons (Fsp3) is 0.462. The Hall–Kier alpha value is -1.42. The maximum Gasteiger partial charge on any atom is 0.224 e. The molecule has 0 radical (unpaired) electrons. The Kier molecular flexibility index (Phi) is 5.28. The summed E-state index contributed by atoms with van der Waals surface area (Å²) in [6.45, 7) is 7.61. The first-order valence-electron chi connectivity index (χ1n) is 6.17. The van der Waals surface area contributed by atoms with E-state index in [9.17, 15) is 4.79 Å². The van der Waals surface area contributed by atoms with Crippen molar-refractivity contribution in [2.75, 3.05) is 29.0 Å². The highest BCUT2D eigenvalue weighted by molar-refractivity contribution is 6.34. The third kappa shape index (κ3) is 3.29. The molecule has 0 aliphatic carbocycles. The molecule has 1 amide bonds. The van der Waals surface area contributed by atoms with Crippen LogP contribution < -0.4 is 16.0 Å². The minimum Gasteiger partial charge on any atom is -0.397 e. The molecule has 0 fully saturated rings. The van der Waals surface area contributed by atoms with Gasteiger partial charge in [-0.05, 0) is 26.0 Å². The average molecular weight is 270 g/mol. The SMILES string of the molecule is CCC(=O)Nc1cc(N(CC)CC)c(N)cc1Cl. The van der Waals surface area contributed by atoms with E-state index < -0.39 is 0 Å². The molecule has 3 N–H and O–H groups in total. The predicted molar refractivity (Wildman–Crippen MR) is 78.3 cm³/mol. The monoisotopic (exact) mass is 269 g/mol. The predicted octanol–water partition coefficient (Wildman–Crippen LogP) is 3.12. The Morgan fingerprint density at radius 1 is 1.33 bits per heavy atom. The summed E-state index contributed by atoms with van der Waals surface area (Å²) in [5.41, 5.74) is 8.10. The number of nitrogens with one attached hydrogen (secondary N) is 1. The number of nitrogens with zero attached hydrogens (tertiary/aromatic N) is 1. The van der Waals surface area contributed by atoms with Crippen LogP contribution in [-0.4, -0.2) is 19.0 Å². The van der Waals surface area contributed by atoms with Crippen LogP contribution in [0.4, 0.5) is 17.1 Å². The van der Waals surface area contributed by atoms with Crippen LogP contribution in [0.5, 0.6) is 0 Å². The second kappa shape index (κ2) is 6.50. The first-order chi connectivity index (χ1) is 8.53. The molecule has 4 nitrogen and oxygen atoms in total. The molecule has 0 bridgehead atoms. The van der Waals surface area contributed by atoms with E-state index in [1.807, 2.05) is 6.07 Å². The van der Waals surface area contributed by atoms with E-state index in [0.29, 0.717) is 22.8 Å². The van der Waals surface area contributed by atoms with Gasteiger partial charge in [0.05, 0.1) is 22.1 Å². The van der Waals surface area contributed by atoms with Crippen LogP contribution in [0, 0.1) is 0 Å². The van der Waals surface area contributed by atoms with Crippen LogP contribution in [0.25, 0.3) is 0 Å². The van der Waals surface area contributed by atoms with E-state index in [0.717, 1.165) is 18.8 Å². The Morgan fingerprint density at radius 2 is 1.94 bits per heavy atom. The number of halogens is 1. The molecule has 0 saturated carbocycles. The Bertz CT molecular complexity index is 430. The lowest BCUT2D eigenvalue weighted by Crippen LogP contribution is -2.23. The molecule has 0 saturated heterocycles. The third-order valence-electron chi connectivity index (χ3n) is 2.82. The molecule has 0 aromatic heterocycles. The zero-order valence-corrected chi connectivity index (χ0v) is 11.8. The van der Waals surface area contributed by atoms with Crippen molar-refractivity contribution in [3.63, 3.8) is 0 Å². The van der Waals surface area contributed by atoms with Crippen molar-refractivity contribution >= 4 is 34.6 Å². The maximum atomic E-state index is 11.4. The molecule has 0 heterocycles. The molecule has 100 valence electrons. The van der Waals surface area contributed by atoms with Crippen molar-refractivity contribution in [1.29, 1.82) is 0 Å². The summed E-state index contributed by atoms with van der Waals surface area (Å²) in [6, 6.07) is 3.51. The average Bonchev–Trinajstić information content (AvgIpc) is 2.35. The second-order valence-electron chi connectivity index (χ2n) is 3.96. The third-order valence-corrected chi connectivity index (χ3v) is 3.13. The van der Waals surface area contributed by atoms with E-state index in [1.54, 1.807) is 13.0 Å². The zero-order valence-electron chi connectivity index (χ0n) is 11.1. The smallest absolute Gasteiger partial charge is 0.224 e. The van der Waals surface area contributed by atoms with Crippen LogP contribution in [-0.2, 0) is 4.79 Å². The fourth-order valence-electron chi connectivity index (χ4n) is 1.75. The van der Waals surface area contributed by atoms with Gasteiger partial charge in [-0.15, -0.1) is 0 Å². The van der Waals surface area contributed by atoms with E-state index in [2.05, 4.69) is 24.1 Å². The summed E-state index contributed by atoms with van der Waals surface area (Å²) in [7, 11) is 0. The molecule has 0 aliphatic heterocycles. The van der Waals surface area contributed by atoms with Gasteiger partial charge in [-0.2, -0.15) is 0 Å². The van der Waals surface area contributed by atoms with E-state index in [4.69, 9.17) is 17.3 Å². The summed E-state index contributed by atoms with van der Waals surface area (Å²) < 4.78 is 0. The summed E-state index contributed by atoms with van der Waals surface area (Å²) in [6.07, 6.45) is 0.418. The fourth-order valence-corrected chi connectivity index (χ4v) is 1.97. The summed E-state index contributed by atoms with van der Waals surface area (Å²) in [5, 5.41) is 3.24. The molecule has 1 aromatic rings. The molecule has 0 atom stereocenters. The molecule has 0 unspecified atom stereocenters. The molecule has 18 heavy (non-hydrogen) atoms. The largest absolute Gasteiger partial charge is 0.397 e. The maximum absolute atomic E-state index is 11.4. The van der Waals surface area contributed by atoms with Crippen molar-refractivity contribution in [2.24, 2.45) is 0 Å². The van der Waals surface area contributed by atoms with E-state index >= 15 is 0 Å². The number of anilines is 3. The van der Waals surface area contributed by atoms with Crippen LogP contribution >= 0.6 is 11.6 Å². The van der Waals surface area contributed by atoms with Gasteiger partial charge in [0.1, 0.15) is 0 Å². The molecule has 0 spiro atoms. The lowest BCUT2D eigenvalue weighted by Gasteiger charge is -2.24. The number of carbonyl (C=O) groups is 1. The van der Waals surface area contributed by atoms with Gasteiger partial charge in [0.2, 0.25) is 5.91 Å². The Morgan fingerprint density at radius 3 is 2.44 bits per heavy atom. The summed E-state index contributed by atoms with van der Waals surface area (Å²) in [5.74, 6) is -0.0628. The molecule has 0 aliphatic rings. The quantitative estimate of drug-likeness (QED) is 0.808. The van der Waals surface area contributed by atoms with Gasteiger partial charge in [-0.25, -0.2) is 0 Å². The number of rotatable bonds is 5. The number of nitrogens with two attached hydrogens (primary N) is 1. The Labute approximate surface area is 113 Å². The highest BCUT2D eigenvalue weighted by Gasteiger charge is 2.12. The van der Waals surface area contributed by atoms with Gasteiger partial charge < -0.3 is 16.0 Å². The van der Waals surface area contributed by atoms with Gasteiger partial charge in [0, 0.05) is 19.5 Å². The Balaban J connectivity index is 3.13. The van der Waals surface area contributed by atoms with E-state index in [1.165, 1.54) is 0 Å². The molecular weight excluding hydrogens is 250 g/mol. The van der Waals surface area contributed by atoms with Crippen molar-refractivity contribution in [2.45, 2.75) is 27.2 Å². The first-order valence-corrected chi connectivity index (χ1v) is 6.55. The van der Waals surface area contributed by atoms with Crippen LogP contribution in [0.1, 0.15) is 27.2 Å². The lowest BCUT2D eigenvalue weighted by molar-refractivity contribution is -0.115.